The van der Waals surface area contributed by atoms with E-state index in [1.807, 2.05) is 0 Å². The molecule has 0 spiro atoms. The highest BCUT2D eigenvalue weighted by Crippen LogP contribution is 2.45. The van der Waals surface area contributed by atoms with Crippen molar-refractivity contribution in [2.45, 2.75) is 457 Å². The minimum absolute atomic E-state index is 0.108. The minimum Gasteiger partial charge on any atom is -0.462 e. The Balaban J connectivity index is 5.23. The van der Waals surface area contributed by atoms with Crippen LogP contribution in [-0.2, 0) is 65.4 Å². The number of hydrogen-bond donors (Lipinski definition) is 3. The largest absolute Gasteiger partial charge is 0.472 e. The fraction of sp³-hybridized carbons (Fsp3) is 0.951. The first kappa shape index (κ1) is 99.1. The van der Waals surface area contributed by atoms with Crippen molar-refractivity contribution >= 4 is 39.5 Å². The summed E-state index contributed by atoms with van der Waals surface area (Å²) in [5, 5.41) is 10.6. The van der Waals surface area contributed by atoms with E-state index in [2.05, 4.69) is 34.6 Å². The predicted molar refractivity (Wildman–Crippen MR) is 414 cm³/mol. The maximum Gasteiger partial charge on any atom is 0.472 e. The number of phosphoric acid groups is 2. The number of unbranched alkanes of at least 4 members (excludes halogenated alkanes) is 54. The summed E-state index contributed by atoms with van der Waals surface area (Å²) in [4.78, 5) is 73.1. The molecule has 600 valence electrons. The average molecular weight is 1480 g/mol. The predicted octanol–water partition coefficient (Wildman–Crippen LogP) is 24.8. The number of esters is 4. The van der Waals surface area contributed by atoms with Crippen LogP contribution >= 0.6 is 15.6 Å². The van der Waals surface area contributed by atoms with E-state index in [1.165, 1.54) is 263 Å². The number of aliphatic hydroxyl groups excluding tert-OH is 1. The van der Waals surface area contributed by atoms with Crippen LogP contribution in [0.15, 0.2) is 0 Å². The zero-order chi connectivity index (χ0) is 74.1. The second-order valence-corrected chi connectivity index (χ2v) is 32.9. The maximum absolute atomic E-state index is 13.1. The molecule has 0 aliphatic heterocycles. The highest BCUT2D eigenvalue weighted by molar-refractivity contribution is 7.47. The van der Waals surface area contributed by atoms with Gasteiger partial charge >= 0.3 is 39.5 Å². The maximum atomic E-state index is 13.1. The van der Waals surface area contributed by atoms with Crippen LogP contribution in [0, 0.1) is 5.92 Å². The van der Waals surface area contributed by atoms with E-state index < -0.39 is 97.5 Å². The molecular weight excluding hydrogens is 1320 g/mol. The quantitative estimate of drug-likeness (QED) is 0.0222. The number of aliphatic hydroxyl groups is 1. The molecule has 0 fully saturated rings. The molecule has 0 saturated carbocycles. The van der Waals surface area contributed by atoms with Gasteiger partial charge in [-0.2, -0.15) is 0 Å². The van der Waals surface area contributed by atoms with Gasteiger partial charge in [-0.1, -0.05) is 388 Å². The Morgan fingerprint density at radius 1 is 0.267 bits per heavy atom. The number of rotatable bonds is 82. The molecule has 0 aliphatic carbocycles. The van der Waals surface area contributed by atoms with Crippen molar-refractivity contribution in [2.24, 2.45) is 5.92 Å². The van der Waals surface area contributed by atoms with E-state index in [1.54, 1.807) is 0 Å². The number of carbonyl (C=O) groups excluding carboxylic acids is 4. The summed E-state index contributed by atoms with van der Waals surface area (Å²) in [5.41, 5.74) is 0. The molecule has 17 nitrogen and oxygen atoms in total. The zero-order valence-electron chi connectivity index (χ0n) is 66.1. The number of hydrogen-bond acceptors (Lipinski definition) is 15. The Hall–Kier alpha value is -1.94. The SMILES string of the molecule is CCCCCCCCCCCCCCCCCCCCCCC(=O)O[C@H](COC(=O)CCCCCCCCCCCCCCCCC(C)C)COP(=O)(O)OC[C@@H](O)COP(=O)(O)OC[C@@H](COC(=O)CCCCCCCCCCCCCC)OC(=O)CCCCCCCCCCCCCC. The normalized spacial score (nSPS) is 13.8. The van der Waals surface area contributed by atoms with Gasteiger partial charge in [-0.05, 0) is 31.6 Å². The first-order chi connectivity index (χ1) is 49.0. The molecule has 0 bridgehead atoms. The highest BCUT2D eigenvalue weighted by atomic mass is 31.2. The number of ether oxygens (including phenoxy) is 4. The van der Waals surface area contributed by atoms with Gasteiger partial charge in [0.25, 0.3) is 0 Å². The van der Waals surface area contributed by atoms with Gasteiger partial charge < -0.3 is 33.8 Å². The molecule has 101 heavy (non-hydrogen) atoms. The van der Waals surface area contributed by atoms with Gasteiger partial charge in [0.1, 0.15) is 19.3 Å². The van der Waals surface area contributed by atoms with Crippen LogP contribution < -0.4 is 0 Å². The zero-order valence-corrected chi connectivity index (χ0v) is 67.8. The molecule has 0 amide bonds. The lowest BCUT2D eigenvalue weighted by atomic mass is 10.0. The first-order valence-corrected chi connectivity index (χ1v) is 45.6. The Bertz CT molecular complexity index is 1930. The molecule has 0 radical (unpaired) electrons. The lowest BCUT2D eigenvalue weighted by molar-refractivity contribution is -0.161. The van der Waals surface area contributed by atoms with Gasteiger partial charge in [0, 0.05) is 25.7 Å². The fourth-order valence-electron chi connectivity index (χ4n) is 12.8. The van der Waals surface area contributed by atoms with Crippen LogP contribution in [0.1, 0.15) is 439 Å². The summed E-state index contributed by atoms with van der Waals surface area (Å²) < 4.78 is 68.8. The van der Waals surface area contributed by atoms with Crippen LogP contribution in [0.5, 0.6) is 0 Å². The van der Waals surface area contributed by atoms with Crippen LogP contribution in [0.4, 0.5) is 0 Å². The lowest BCUT2D eigenvalue weighted by Crippen LogP contribution is -2.30. The number of phosphoric ester groups is 2. The standard InChI is InChI=1S/C82H160O17P2/c1-6-9-12-15-18-21-24-27-28-29-30-31-32-33-38-43-48-53-58-63-68-82(87)99-78(72-93-80(85)66-61-56-51-46-42-37-35-34-36-39-44-49-54-59-64-75(4)5)74-97-101(90,91)95-70-76(83)69-94-100(88,89)96-73-77(98-81(86)67-62-57-52-47-41-26-23-20-17-14-11-8-3)71-92-79(84)65-60-55-50-45-40-25-22-19-16-13-10-7-2/h75-78,83H,6-74H2,1-5H3,(H,88,89)(H,90,91)/t76-,77+,78+/m0/s1. The summed E-state index contributed by atoms with van der Waals surface area (Å²) in [5.74, 6) is -1.30. The molecule has 19 heteroatoms. The molecule has 0 heterocycles. The molecule has 0 rings (SSSR count). The van der Waals surface area contributed by atoms with Gasteiger partial charge in [-0.3, -0.25) is 37.3 Å². The molecule has 0 saturated heterocycles. The van der Waals surface area contributed by atoms with E-state index >= 15 is 0 Å². The monoisotopic (exact) mass is 1480 g/mol. The van der Waals surface area contributed by atoms with Gasteiger partial charge in [-0.15, -0.1) is 0 Å². The fourth-order valence-corrected chi connectivity index (χ4v) is 14.3. The Labute approximate surface area is 619 Å². The van der Waals surface area contributed by atoms with Crippen LogP contribution in [0.3, 0.4) is 0 Å². The third-order valence-electron chi connectivity index (χ3n) is 19.3. The topological polar surface area (TPSA) is 237 Å². The van der Waals surface area contributed by atoms with E-state index in [0.29, 0.717) is 25.7 Å². The van der Waals surface area contributed by atoms with E-state index in [-0.39, 0.29) is 25.7 Å². The summed E-state index contributed by atoms with van der Waals surface area (Å²) in [7, 11) is -9.92. The Morgan fingerprint density at radius 2 is 0.455 bits per heavy atom. The third kappa shape index (κ3) is 76.1. The van der Waals surface area contributed by atoms with Gasteiger partial charge in [0.2, 0.25) is 0 Å². The van der Waals surface area contributed by atoms with Gasteiger partial charge in [0.15, 0.2) is 12.2 Å². The second kappa shape index (κ2) is 74.9. The first-order valence-electron chi connectivity index (χ1n) is 42.6. The highest BCUT2D eigenvalue weighted by Gasteiger charge is 2.30. The molecule has 5 atom stereocenters. The average Bonchev–Trinajstić information content (AvgIpc) is 0.945. The van der Waals surface area contributed by atoms with Crippen molar-refractivity contribution < 1.29 is 80.2 Å². The molecule has 2 unspecified atom stereocenters. The van der Waals surface area contributed by atoms with Crippen molar-refractivity contribution in [1.82, 2.24) is 0 Å². The van der Waals surface area contributed by atoms with Crippen LogP contribution in [0.2, 0.25) is 0 Å². The minimum atomic E-state index is -4.96. The second-order valence-electron chi connectivity index (χ2n) is 30.0. The van der Waals surface area contributed by atoms with Gasteiger partial charge in [0.05, 0.1) is 26.4 Å². The Morgan fingerprint density at radius 3 is 0.673 bits per heavy atom. The van der Waals surface area contributed by atoms with Crippen molar-refractivity contribution in [1.29, 1.82) is 0 Å². The number of carbonyl (C=O) groups is 4. The smallest absolute Gasteiger partial charge is 0.462 e. The van der Waals surface area contributed by atoms with Crippen LogP contribution in [0.25, 0.3) is 0 Å². The van der Waals surface area contributed by atoms with Crippen molar-refractivity contribution in [3.05, 3.63) is 0 Å². The molecule has 0 aromatic heterocycles. The van der Waals surface area contributed by atoms with Crippen molar-refractivity contribution in [3.8, 4) is 0 Å². The summed E-state index contributed by atoms with van der Waals surface area (Å²) >= 11 is 0. The van der Waals surface area contributed by atoms with Crippen LogP contribution in [-0.4, -0.2) is 96.7 Å². The molecule has 0 aliphatic rings. The van der Waals surface area contributed by atoms with Crippen molar-refractivity contribution in [2.75, 3.05) is 39.6 Å². The summed E-state index contributed by atoms with van der Waals surface area (Å²) in [6.45, 7) is 7.36. The van der Waals surface area contributed by atoms with Crippen molar-refractivity contribution in [3.63, 3.8) is 0 Å². The van der Waals surface area contributed by atoms with E-state index in [9.17, 15) is 43.2 Å². The lowest BCUT2D eigenvalue weighted by Gasteiger charge is -2.21. The van der Waals surface area contributed by atoms with E-state index in [4.69, 9.17) is 37.0 Å². The summed E-state index contributed by atoms with van der Waals surface area (Å²) in [6.07, 6.45) is 66.5. The molecule has 3 N–H and O–H groups in total. The molecular formula is C82H160O17P2. The molecule has 0 aromatic carbocycles. The summed E-state index contributed by atoms with van der Waals surface area (Å²) in [6, 6.07) is 0. The Kier molecular flexibility index (Phi) is 73.5. The van der Waals surface area contributed by atoms with E-state index in [0.717, 1.165) is 95.8 Å². The third-order valence-corrected chi connectivity index (χ3v) is 21.2. The molecule has 0 aromatic rings. The van der Waals surface area contributed by atoms with Gasteiger partial charge in [-0.25, -0.2) is 9.13 Å².